The van der Waals surface area contributed by atoms with E-state index in [2.05, 4.69) is 14.9 Å². The van der Waals surface area contributed by atoms with Gasteiger partial charge in [0.05, 0.1) is 18.9 Å². The quantitative estimate of drug-likeness (QED) is 0.692. The highest BCUT2D eigenvalue weighted by Crippen LogP contribution is 2.22. The number of amides is 1. The van der Waals surface area contributed by atoms with Gasteiger partial charge in [-0.2, -0.15) is 0 Å². The Labute approximate surface area is 159 Å². The summed E-state index contributed by atoms with van der Waals surface area (Å²) in [6.07, 6.45) is 0. The van der Waals surface area contributed by atoms with Crippen molar-refractivity contribution in [2.24, 2.45) is 0 Å². The lowest BCUT2D eigenvalue weighted by Gasteiger charge is -2.35. The lowest BCUT2D eigenvalue weighted by molar-refractivity contribution is -0.136. The van der Waals surface area contributed by atoms with Crippen molar-refractivity contribution in [2.45, 2.75) is 6.92 Å². The average molecular weight is 370 g/mol. The molecule has 0 bridgehead atoms. The highest BCUT2D eigenvalue weighted by Gasteiger charge is 2.22. The van der Waals surface area contributed by atoms with Crippen LogP contribution in [0.25, 0.3) is 11.3 Å². The van der Waals surface area contributed by atoms with E-state index in [0.29, 0.717) is 26.3 Å². The SMILES string of the molecule is COCCOCC(=O)N1CCN(c2cc(-c3ccccc3)nc(C)n2)CC1. The summed E-state index contributed by atoms with van der Waals surface area (Å²) in [5.74, 6) is 1.68. The highest BCUT2D eigenvalue weighted by atomic mass is 16.5. The van der Waals surface area contributed by atoms with Gasteiger partial charge in [-0.1, -0.05) is 30.3 Å². The molecule has 0 unspecified atom stereocenters. The Balaban J connectivity index is 1.59. The summed E-state index contributed by atoms with van der Waals surface area (Å²) < 4.78 is 10.2. The number of carbonyl (C=O) groups is 1. The molecule has 0 aliphatic carbocycles. The monoisotopic (exact) mass is 370 g/mol. The van der Waals surface area contributed by atoms with Crippen molar-refractivity contribution in [3.63, 3.8) is 0 Å². The zero-order valence-corrected chi connectivity index (χ0v) is 15.9. The topological polar surface area (TPSA) is 67.8 Å². The molecule has 1 aromatic carbocycles. The van der Waals surface area contributed by atoms with Crippen LogP contribution in [-0.2, 0) is 14.3 Å². The van der Waals surface area contributed by atoms with E-state index in [1.54, 1.807) is 7.11 Å². The molecule has 1 fully saturated rings. The Kier molecular flexibility index (Phi) is 6.73. The maximum absolute atomic E-state index is 12.2. The van der Waals surface area contributed by atoms with Gasteiger partial charge in [0.15, 0.2) is 0 Å². The molecule has 0 N–H and O–H groups in total. The molecule has 0 spiro atoms. The Morgan fingerprint density at radius 2 is 1.81 bits per heavy atom. The van der Waals surface area contributed by atoms with Gasteiger partial charge in [-0.3, -0.25) is 4.79 Å². The van der Waals surface area contributed by atoms with Crippen molar-refractivity contribution in [3.8, 4) is 11.3 Å². The average Bonchev–Trinajstić information content (AvgIpc) is 2.71. The second-order valence-electron chi connectivity index (χ2n) is 6.44. The fourth-order valence-electron chi connectivity index (χ4n) is 3.05. The molecule has 0 saturated carbocycles. The molecule has 2 aromatic rings. The minimum Gasteiger partial charge on any atom is -0.382 e. The first-order valence-corrected chi connectivity index (χ1v) is 9.18. The molecule has 7 heteroatoms. The lowest BCUT2D eigenvalue weighted by Crippen LogP contribution is -2.50. The first-order chi connectivity index (χ1) is 13.2. The molecule has 7 nitrogen and oxygen atoms in total. The molecule has 3 rings (SSSR count). The van der Waals surface area contributed by atoms with Crippen LogP contribution in [0.2, 0.25) is 0 Å². The van der Waals surface area contributed by atoms with Crippen LogP contribution < -0.4 is 4.90 Å². The van der Waals surface area contributed by atoms with Gasteiger partial charge >= 0.3 is 0 Å². The van der Waals surface area contributed by atoms with Crippen LogP contribution in [0.3, 0.4) is 0 Å². The number of anilines is 1. The van der Waals surface area contributed by atoms with Gasteiger partial charge in [-0.25, -0.2) is 9.97 Å². The van der Waals surface area contributed by atoms with Crippen LogP contribution >= 0.6 is 0 Å². The highest BCUT2D eigenvalue weighted by molar-refractivity contribution is 5.77. The molecule has 1 aromatic heterocycles. The van der Waals surface area contributed by atoms with Crippen LogP contribution in [-0.4, -0.2) is 73.9 Å². The minimum atomic E-state index is 0.0228. The number of rotatable bonds is 7. The number of aromatic nitrogens is 2. The van der Waals surface area contributed by atoms with Gasteiger partial charge in [0, 0.05) is 44.9 Å². The number of carbonyl (C=O) groups excluding carboxylic acids is 1. The second kappa shape index (κ2) is 9.43. The number of nitrogens with zero attached hydrogens (tertiary/aromatic N) is 4. The summed E-state index contributed by atoms with van der Waals surface area (Å²) in [6.45, 7) is 5.76. The molecule has 2 heterocycles. The van der Waals surface area contributed by atoms with E-state index < -0.39 is 0 Å². The Hall–Kier alpha value is -2.51. The third-order valence-corrected chi connectivity index (χ3v) is 4.51. The van der Waals surface area contributed by atoms with E-state index in [1.807, 2.05) is 48.2 Å². The smallest absolute Gasteiger partial charge is 0.248 e. The molecule has 0 atom stereocenters. The van der Waals surface area contributed by atoms with Crippen LogP contribution in [0.1, 0.15) is 5.82 Å². The van der Waals surface area contributed by atoms with Gasteiger partial charge in [0.1, 0.15) is 18.2 Å². The normalized spacial score (nSPS) is 14.4. The van der Waals surface area contributed by atoms with Gasteiger partial charge in [0.25, 0.3) is 0 Å². The van der Waals surface area contributed by atoms with E-state index in [0.717, 1.165) is 36.0 Å². The summed E-state index contributed by atoms with van der Waals surface area (Å²) in [4.78, 5) is 25.4. The summed E-state index contributed by atoms with van der Waals surface area (Å²) in [6, 6.07) is 12.1. The summed E-state index contributed by atoms with van der Waals surface area (Å²) in [5.41, 5.74) is 1.99. The van der Waals surface area contributed by atoms with Crippen molar-refractivity contribution in [3.05, 3.63) is 42.2 Å². The van der Waals surface area contributed by atoms with Gasteiger partial charge in [-0.05, 0) is 6.92 Å². The number of benzene rings is 1. The van der Waals surface area contributed by atoms with Crippen LogP contribution in [0.4, 0.5) is 5.82 Å². The van der Waals surface area contributed by atoms with Crippen LogP contribution in [0.5, 0.6) is 0 Å². The number of methoxy groups -OCH3 is 1. The number of ether oxygens (including phenoxy) is 2. The van der Waals surface area contributed by atoms with E-state index in [4.69, 9.17) is 9.47 Å². The zero-order valence-electron chi connectivity index (χ0n) is 15.9. The van der Waals surface area contributed by atoms with Crippen molar-refractivity contribution < 1.29 is 14.3 Å². The fourth-order valence-corrected chi connectivity index (χ4v) is 3.05. The molecular weight excluding hydrogens is 344 g/mol. The molecule has 1 aliphatic heterocycles. The third-order valence-electron chi connectivity index (χ3n) is 4.51. The van der Waals surface area contributed by atoms with E-state index in [1.165, 1.54) is 0 Å². The van der Waals surface area contributed by atoms with Gasteiger partial charge in [-0.15, -0.1) is 0 Å². The molecule has 27 heavy (non-hydrogen) atoms. The van der Waals surface area contributed by atoms with E-state index >= 15 is 0 Å². The number of hydrogen-bond acceptors (Lipinski definition) is 6. The van der Waals surface area contributed by atoms with Crippen molar-refractivity contribution >= 4 is 11.7 Å². The lowest BCUT2D eigenvalue weighted by atomic mass is 10.1. The van der Waals surface area contributed by atoms with Crippen LogP contribution in [0, 0.1) is 6.92 Å². The molecule has 144 valence electrons. The largest absolute Gasteiger partial charge is 0.382 e. The molecule has 1 amide bonds. The number of hydrogen-bond donors (Lipinski definition) is 0. The molecular formula is C20H26N4O3. The van der Waals surface area contributed by atoms with Crippen molar-refractivity contribution in [1.29, 1.82) is 0 Å². The minimum absolute atomic E-state index is 0.0228. The van der Waals surface area contributed by atoms with Gasteiger partial charge < -0.3 is 19.3 Å². The van der Waals surface area contributed by atoms with Gasteiger partial charge in [0.2, 0.25) is 5.91 Å². The predicted molar refractivity (Wildman–Crippen MR) is 104 cm³/mol. The molecule has 1 saturated heterocycles. The second-order valence-corrected chi connectivity index (χ2v) is 6.44. The summed E-state index contributed by atoms with van der Waals surface area (Å²) in [5, 5.41) is 0. The predicted octanol–water partition coefficient (Wildman–Crippen LogP) is 1.76. The Morgan fingerprint density at radius 3 is 2.52 bits per heavy atom. The van der Waals surface area contributed by atoms with E-state index in [9.17, 15) is 4.79 Å². The summed E-state index contributed by atoms with van der Waals surface area (Å²) in [7, 11) is 1.61. The number of piperazine rings is 1. The first-order valence-electron chi connectivity index (χ1n) is 9.18. The van der Waals surface area contributed by atoms with Crippen molar-refractivity contribution in [1.82, 2.24) is 14.9 Å². The Morgan fingerprint density at radius 1 is 1.07 bits per heavy atom. The van der Waals surface area contributed by atoms with Crippen molar-refractivity contribution in [2.75, 3.05) is 58.0 Å². The fraction of sp³-hybridized carbons (Fsp3) is 0.450. The summed E-state index contributed by atoms with van der Waals surface area (Å²) >= 11 is 0. The maximum Gasteiger partial charge on any atom is 0.248 e. The Bertz CT molecular complexity index is 746. The standard InChI is InChI=1S/C20H26N4O3/c1-16-21-18(17-6-4-3-5-7-17)14-19(22-16)23-8-10-24(11-9-23)20(25)15-27-13-12-26-2/h3-7,14H,8-13,15H2,1-2H3. The first kappa shape index (κ1) is 19.3. The van der Waals surface area contributed by atoms with Crippen LogP contribution in [0.15, 0.2) is 36.4 Å². The molecule has 0 radical (unpaired) electrons. The van der Waals surface area contributed by atoms with E-state index in [-0.39, 0.29) is 12.5 Å². The number of aryl methyl sites for hydroxylation is 1. The third kappa shape index (κ3) is 5.24. The maximum atomic E-state index is 12.2. The zero-order chi connectivity index (χ0) is 19.1. The molecule has 1 aliphatic rings.